The summed E-state index contributed by atoms with van der Waals surface area (Å²) in [7, 11) is 1.57. The van der Waals surface area contributed by atoms with Crippen LogP contribution in [0.5, 0.6) is 11.5 Å². The van der Waals surface area contributed by atoms with E-state index in [0.29, 0.717) is 36.0 Å². The van der Waals surface area contributed by atoms with Crippen molar-refractivity contribution in [2.45, 2.75) is 20.3 Å². The molecular formula is C22H25NO5. The lowest BCUT2D eigenvalue weighted by molar-refractivity contribution is -0.111. The second-order valence-electron chi connectivity index (χ2n) is 5.88. The molecule has 0 fully saturated rings. The summed E-state index contributed by atoms with van der Waals surface area (Å²) in [6.07, 6.45) is 3.84. The van der Waals surface area contributed by atoms with Gasteiger partial charge in [0.1, 0.15) is 0 Å². The van der Waals surface area contributed by atoms with Crippen molar-refractivity contribution in [1.82, 2.24) is 0 Å². The van der Waals surface area contributed by atoms with E-state index >= 15 is 0 Å². The van der Waals surface area contributed by atoms with Crippen molar-refractivity contribution in [3.05, 3.63) is 59.7 Å². The number of anilines is 1. The Morgan fingerprint density at radius 3 is 2.61 bits per heavy atom. The smallest absolute Gasteiger partial charge is 0.338 e. The highest BCUT2D eigenvalue weighted by Crippen LogP contribution is 2.28. The first-order valence-corrected chi connectivity index (χ1v) is 9.14. The number of methoxy groups -OCH3 is 1. The van der Waals surface area contributed by atoms with Gasteiger partial charge in [0.25, 0.3) is 0 Å². The molecule has 0 aliphatic heterocycles. The van der Waals surface area contributed by atoms with E-state index in [1.54, 1.807) is 49.6 Å². The van der Waals surface area contributed by atoms with E-state index in [4.69, 9.17) is 14.2 Å². The van der Waals surface area contributed by atoms with Crippen molar-refractivity contribution in [2.75, 3.05) is 25.6 Å². The van der Waals surface area contributed by atoms with E-state index in [1.165, 1.54) is 6.08 Å². The zero-order chi connectivity index (χ0) is 20.4. The number of hydrogen-bond acceptors (Lipinski definition) is 5. The Kier molecular flexibility index (Phi) is 8.09. The second kappa shape index (κ2) is 10.8. The Bertz CT molecular complexity index is 845. The van der Waals surface area contributed by atoms with E-state index in [9.17, 15) is 9.59 Å². The van der Waals surface area contributed by atoms with Gasteiger partial charge in [0, 0.05) is 11.8 Å². The van der Waals surface area contributed by atoms with Crippen molar-refractivity contribution in [3.8, 4) is 11.5 Å². The maximum atomic E-state index is 12.2. The number of rotatable bonds is 9. The summed E-state index contributed by atoms with van der Waals surface area (Å²) in [5, 5.41) is 2.73. The molecule has 1 N–H and O–H groups in total. The molecule has 0 saturated heterocycles. The number of carbonyl (C=O) groups excluding carboxylic acids is 2. The molecule has 2 rings (SSSR count). The van der Waals surface area contributed by atoms with Gasteiger partial charge in [-0.3, -0.25) is 4.79 Å². The fourth-order valence-electron chi connectivity index (χ4n) is 2.42. The molecule has 0 saturated carbocycles. The highest BCUT2D eigenvalue weighted by molar-refractivity contribution is 6.02. The number of ether oxygens (including phenoxy) is 3. The van der Waals surface area contributed by atoms with Crippen LogP contribution >= 0.6 is 0 Å². The van der Waals surface area contributed by atoms with E-state index in [0.717, 1.165) is 12.0 Å². The van der Waals surface area contributed by atoms with Crippen LogP contribution in [0.2, 0.25) is 0 Å². The summed E-state index contributed by atoms with van der Waals surface area (Å²) in [6, 6.07) is 12.1. The van der Waals surface area contributed by atoms with E-state index in [1.807, 2.05) is 19.9 Å². The standard InChI is InChI=1S/C22H25NO5/c1-4-13-28-22(25)17-7-6-8-18(15-17)23-21(24)12-10-16-9-11-19(27-5-2)20(14-16)26-3/h6-12,14-15H,4-5,13H2,1-3H3,(H,23,24). The van der Waals surface area contributed by atoms with Gasteiger partial charge in [-0.1, -0.05) is 19.1 Å². The minimum Gasteiger partial charge on any atom is -0.493 e. The summed E-state index contributed by atoms with van der Waals surface area (Å²) in [5.41, 5.74) is 1.71. The molecule has 0 aliphatic carbocycles. The average Bonchev–Trinajstić information content (AvgIpc) is 2.71. The fourth-order valence-corrected chi connectivity index (χ4v) is 2.42. The van der Waals surface area contributed by atoms with Crippen LogP contribution in [-0.2, 0) is 9.53 Å². The Balaban J connectivity index is 2.03. The van der Waals surface area contributed by atoms with Gasteiger partial charge in [-0.2, -0.15) is 0 Å². The molecule has 0 bridgehead atoms. The molecule has 0 spiro atoms. The van der Waals surface area contributed by atoms with Gasteiger partial charge in [0.05, 0.1) is 25.9 Å². The number of benzene rings is 2. The van der Waals surface area contributed by atoms with Crippen molar-refractivity contribution < 1.29 is 23.8 Å². The van der Waals surface area contributed by atoms with Crippen LogP contribution in [0.4, 0.5) is 5.69 Å². The van der Waals surface area contributed by atoms with Crippen LogP contribution in [0.25, 0.3) is 6.08 Å². The van der Waals surface area contributed by atoms with Crippen LogP contribution in [0, 0.1) is 0 Å². The minimum absolute atomic E-state index is 0.313. The molecule has 2 aromatic rings. The predicted octanol–water partition coefficient (Wildman–Crippen LogP) is 4.31. The Labute approximate surface area is 165 Å². The number of amides is 1. The monoisotopic (exact) mass is 383 g/mol. The third-order valence-corrected chi connectivity index (χ3v) is 3.72. The molecular weight excluding hydrogens is 358 g/mol. The van der Waals surface area contributed by atoms with Crippen LogP contribution in [0.15, 0.2) is 48.5 Å². The van der Waals surface area contributed by atoms with Crippen LogP contribution in [0.3, 0.4) is 0 Å². The van der Waals surface area contributed by atoms with Crippen LogP contribution < -0.4 is 14.8 Å². The van der Waals surface area contributed by atoms with Gasteiger partial charge < -0.3 is 19.5 Å². The van der Waals surface area contributed by atoms with Gasteiger partial charge in [0.15, 0.2) is 11.5 Å². The topological polar surface area (TPSA) is 73.9 Å². The molecule has 0 aromatic heterocycles. The highest BCUT2D eigenvalue weighted by atomic mass is 16.5. The van der Waals surface area contributed by atoms with Gasteiger partial charge in [0.2, 0.25) is 5.91 Å². The van der Waals surface area contributed by atoms with E-state index < -0.39 is 5.97 Å². The molecule has 6 heteroatoms. The van der Waals surface area contributed by atoms with Gasteiger partial charge in [-0.05, 0) is 55.3 Å². The summed E-state index contributed by atoms with van der Waals surface area (Å²) in [5.74, 6) is 0.531. The molecule has 0 unspecified atom stereocenters. The van der Waals surface area contributed by atoms with Crippen molar-refractivity contribution in [1.29, 1.82) is 0 Å². The predicted molar refractivity (Wildman–Crippen MR) is 109 cm³/mol. The lowest BCUT2D eigenvalue weighted by Gasteiger charge is -2.09. The molecule has 0 radical (unpaired) electrons. The zero-order valence-corrected chi connectivity index (χ0v) is 16.4. The summed E-state index contributed by atoms with van der Waals surface area (Å²) in [6.45, 7) is 4.73. The van der Waals surface area contributed by atoms with Gasteiger partial charge in [-0.15, -0.1) is 0 Å². The summed E-state index contributed by atoms with van der Waals surface area (Å²) in [4.78, 5) is 24.1. The van der Waals surface area contributed by atoms with Crippen LogP contribution in [0.1, 0.15) is 36.2 Å². The maximum absolute atomic E-state index is 12.2. The zero-order valence-electron chi connectivity index (χ0n) is 16.4. The molecule has 148 valence electrons. The summed E-state index contributed by atoms with van der Waals surface area (Å²) >= 11 is 0. The Hall–Kier alpha value is -3.28. The molecule has 2 aromatic carbocycles. The first kappa shape index (κ1) is 21.0. The first-order chi connectivity index (χ1) is 13.6. The van der Waals surface area contributed by atoms with Crippen molar-refractivity contribution in [3.63, 3.8) is 0 Å². The van der Waals surface area contributed by atoms with Crippen molar-refractivity contribution >= 4 is 23.6 Å². The molecule has 6 nitrogen and oxygen atoms in total. The second-order valence-corrected chi connectivity index (χ2v) is 5.88. The third-order valence-electron chi connectivity index (χ3n) is 3.72. The van der Waals surface area contributed by atoms with E-state index in [-0.39, 0.29) is 5.91 Å². The molecule has 0 atom stereocenters. The number of esters is 1. The molecule has 0 heterocycles. The highest BCUT2D eigenvalue weighted by Gasteiger charge is 2.08. The van der Waals surface area contributed by atoms with Gasteiger partial charge in [-0.25, -0.2) is 4.79 Å². The Morgan fingerprint density at radius 2 is 1.89 bits per heavy atom. The third kappa shape index (κ3) is 6.16. The lowest BCUT2D eigenvalue weighted by atomic mass is 10.1. The van der Waals surface area contributed by atoms with E-state index in [2.05, 4.69) is 5.32 Å². The molecule has 0 aliphatic rings. The maximum Gasteiger partial charge on any atom is 0.338 e. The van der Waals surface area contributed by atoms with Gasteiger partial charge >= 0.3 is 5.97 Å². The SMILES string of the molecule is CCCOC(=O)c1cccc(NC(=O)C=Cc2ccc(OCC)c(OC)c2)c1. The van der Waals surface area contributed by atoms with Crippen molar-refractivity contribution in [2.24, 2.45) is 0 Å². The fraction of sp³-hybridized carbons (Fsp3) is 0.273. The number of carbonyl (C=O) groups is 2. The minimum atomic E-state index is -0.407. The van der Waals surface area contributed by atoms with Crippen LogP contribution in [-0.4, -0.2) is 32.2 Å². The number of nitrogens with one attached hydrogen (secondary N) is 1. The largest absolute Gasteiger partial charge is 0.493 e. The quantitative estimate of drug-likeness (QED) is 0.516. The molecule has 1 amide bonds. The summed E-state index contributed by atoms with van der Waals surface area (Å²) < 4.78 is 15.9. The average molecular weight is 383 g/mol. The Morgan fingerprint density at radius 1 is 1.07 bits per heavy atom. The molecule has 28 heavy (non-hydrogen) atoms. The normalized spacial score (nSPS) is 10.5. The lowest BCUT2D eigenvalue weighted by Crippen LogP contribution is -2.10. The first-order valence-electron chi connectivity index (χ1n) is 9.14. The number of hydrogen-bond donors (Lipinski definition) is 1.